The molecule has 0 aromatic heterocycles. The molecule has 0 aliphatic carbocycles. The second kappa shape index (κ2) is 8.95. The number of hydrogen-bond acceptors (Lipinski definition) is 3. The molecule has 0 radical (unpaired) electrons. The van der Waals surface area contributed by atoms with Crippen LogP contribution in [-0.2, 0) is 4.79 Å². The van der Waals surface area contributed by atoms with E-state index >= 15 is 0 Å². The number of nitriles is 1. The minimum Gasteiger partial charge on any atom is -0.344 e. The molecular formula is C20H22FN3O. The quantitative estimate of drug-likeness (QED) is 0.778. The van der Waals surface area contributed by atoms with Crippen LogP contribution >= 0.6 is 0 Å². The Morgan fingerprint density at radius 2 is 1.68 bits per heavy atom. The van der Waals surface area contributed by atoms with Crippen LogP contribution in [0, 0.1) is 17.1 Å². The highest BCUT2D eigenvalue weighted by molar-refractivity contribution is 5.78. The van der Waals surface area contributed by atoms with Gasteiger partial charge in [0.25, 0.3) is 0 Å². The van der Waals surface area contributed by atoms with Gasteiger partial charge in [-0.05, 0) is 30.3 Å². The molecule has 2 aromatic carbocycles. The first-order chi connectivity index (χ1) is 12.0. The Morgan fingerprint density at radius 1 is 1.08 bits per heavy atom. The first kappa shape index (κ1) is 18.6. The minimum absolute atomic E-state index is 0.0548. The summed E-state index contributed by atoms with van der Waals surface area (Å²) < 4.78 is 13.3. The molecule has 2 aromatic rings. The van der Waals surface area contributed by atoms with Crippen LogP contribution in [0.1, 0.15) is 23.6 Å². The van der Waals surface area contributed by atoms with E-state index in [1.54, 1.807) is 24.1 Å². The van der Waals surface area contributed by atoms with Gasteiger partial charge in [0.05, 0.1) is 25.1 Å². The Bertz CT molecular complexity index is 725. The number of hydrogen-bond donors (Lipinski definition) is 0. The van der Waals surface area contributed by atoms with Gasteiger partial charge in [-0.3, -0.25) is 9.69 Å². The van der Waals surface area contributed by atoms with Gasteiger partial charge in [-0.15, -0.1) is 0 Å². The van der Waals surface area contributed by atoms with Gasteiger partial charge < -0.3 is 4.90 Å². The molecule has 4 nitrogen and oxygen atoms in total. The molecule has 1 amide bonds. The van der Waals surface area contributed by atoms with Crippen LogP contribution in [0.2, 0.25) is 0 Å². The average Bonchev–Trinajstić information content (AvgIpc) is 2.62. The Kier molecular flexibility index (Phi) is 6.67. The Balaban J connectivity index is 2.22. The highest BCUT2D eigenvalue weighted by atomic mass is 19.1. The van der Waals surface area contributed by atoms with Gasteiger partial charge in [0.1, 0.15) is 5.82 Å². The highest BCUT2D eigenvalue weighted by Gasteiger charge is 2.22. The van der Waals surface area contributed by atoms with Crippen LogP contribution in [0.25, 0.3) is 0 Å². The summed E-state index contributed by atoms with van der Waals surface area (Å²) >= 11 is 0. The Hall–Kier alpha value is -2.71. The first-order valence-electron chi connectivity index (χ1n) is 8.14. The molecule has 1 atom stereocenters. The molecule has 0 bridgehead atoms. The van der Waals surface area contributed by atoms with E-state index in [2.05, 4.69) is 0 Å². The van der Waals surface area contributed by atoms with Gasteiger partial charge in [-0.1, -0.05) is 42.5 Å². The molecule has 5 heteroatoms. The van der Waals surface area contributed by atoms with Crippen LogP contribution in [0.15, 0.2) is 54.6 Å². The van der Waals surface area contributed by atoms with E-state index in [0.717, 1.165) is 11.1 Å². The molecule has 2 rings (SSSR count). The average molecular weight is 339 g/mol. The number of nitrogens with zero attached hydrogens (tertiary/aromatic N) is 3. The summed E-state index contributed by atoms with van der Waals surface area (Å²) in [5, 5.41) is 8.66. The van der Waals surface area contributed by atoms with E-state index in [1.165, 1.54) is 12.1 Å². The van der Waals surface area contributed by atoms with E-state index in [-0.39, 0.29) is 24.3 Å². The van der Waals surface area contributed by atoms with Crippen molar-refractivity contribution in [1.29, 1.82) is 5.26 Å². The molecule has 0 spiro atoms. The number of rotatable bonds is 7. The fourth-order valence-electron chi connectivity index (χ4n) is 2.75. The molecule has 25 heavy (non-hydrogen) atoms. The zero-order valence-corrected chi connectivity index (χ0v) is 14.5. The van der Waals surface area contributed by atoms with E-state index in [1.807, 2.05) is 48.3 Å². The molecule has 0 saturated carbocycles. The van der Waals surface area contributed by atoms with E-state index in [4.69, 9.17) is 5.26 Å². The molecule has 1 unspecified atom stereocenters. The number of carbonyl (C=O) groups excluding carboxylic acids is 1. The van der Waals surface area contributed by atoms with Crippen molar-refractivity contribution in [3.05, 3.63) is 71.5 Å². The second-order valence-corrected chi connectivity index (χ2v) is 6.00. The molecule has 0 fully saturated rings. The summed E-state index contributed by atoms with van der Waals surface area (Å²) in [4.78, 5) is 15.9. The lowest BCUT2D eigenvalue weighted by Crippen LogP contribution is -2.39. The summed E-state index contributed by atoms with van der Waals surface area (Å²) in [6, 6.07) is 18.0. The maximum Gasteiger partial charge on any atom is 0.236 e. The van der Waals surface area contributed by atoms with Crippen molar-refractivity contribution in [1.82, 2.24) is 9.80 Å². The number of benzene rings is 2. The van der Waals surface area contributed by atoms with Crippen LogP contribution in [0.5, 0.6) is 0 Å². The molecule has 0 heterocycles. The van der Waals surface area contributed by atoms with Gasteiger partial charge in [0, 0.05) is 13.6 Å². The number of amides is 1. The summed E-state index contributed by atoms with van der Waals surface area (Å²) in [5.74, 6) is -0.341. The highest BCUT2D eigenvalue weighted by Crippen LogP contribution is 2.27. The Labute approximate surface area is 148 Å². The molecule has 0 N–H and O–H groups in total. The third-order valence-electron chi connectivity index (χ3n) is 4.11. The van der Waals surface area contributed by atoms with Gasteiger partial charge in [-0.2, -0.15) is 5.26 Å². The third kappa shape index (κ3) is 5.13. The van der Waals surface area contributed by atoms with E-state index < -0.39 is 0 Å². The lowest BCUT2D eigenvalue weighted by atomic mass is 9.97. The smallest absolute Gasteiger partial charge is 0.236 e. The summed E-state index contributed by atoms with van der Waals surface area (Å²) in [7, 11) is 3.57. The van der Waals surface area contributed by atoms with Gasteiger partial charge >= 0.3 is 0 Å². The standard InChI is InChI=1S/C20H22FN3O/c1-23(14-6-13-22)19(25)15-24(2)20(16-7-4-3-5-8-16)17-9-11-18(21)12-10-17/h3-5,7-12,20H,6,14-15H2,1-2H3. The van der Waals surface area contributed by atoms with Crippen LogP contribution in [0.3, 0.4) is 0 Å². The zero-order valence-electron chi connectivity index (χ0n) is 14.5. The second-order valence-electron chi connectivity index (χ2n) is 6.00. The number of halogens is 1. The van der Waals surface area contributed by atoms with Crippen molar-refractivity contribution in [3.63, 3.8) is 0 Å². The molecule has 0 aliphatic rings. The lowest BCUT2D eigenvalue weighted by Gasteiger charge is -2.30. The third-order valence-corrected chi connectivity index (χ3v) is 4.11. The Morgan fingerprint density at radius 3 is 2.28 bits per heavy atom. The monoisotopic (exact) mass is 339 g/mol. The summed E-state index contributed by atoms with van der Waals surface area (Å²) in [6.07, 6.45) is 0.312. The van der Waals surface area contributed by atoms with Crippen molar-refractivity contribution in [2.24, 2.45) is 0 Å². The van der Waals surface area contributed by atoms with Crippen molar-refractivity contribution >= 4 is 5.91 Å². The molecule has 0 aliphatic heterocycles. The predicted octanol–water partition coefficient (Wildman–Crippen LogP) is 3.22. The van der Waals surface area contributed by atoms with Gasteiger partial charge in [-0.25, -0.2) is 4.39 Å². The van der Waals surface area contributed by atoms with Crippen LogP contribution in [0.4, 0.5) is 4.39 Å². The van der Waals surface area contributed by atoms with Gasteiger partial charge in [0.2, 0.25) is 5.91 Å². The van der Waals surface area contributed by atoms with Crippen LogP contribution in [-0.4, -0.2) is 42.9 Å². The maximum atomic E-state index is 13.3. The summed E-state index contributed by atoms with van der Waals surface area (Å²) in [5.41, 5.74) is 1.95. The van der Waals surface area contributed by atoms with E-state index in [0.29, 0.717) is 13.0 Å². The minimum atomic E-state index is -0.287. The van der Waals surface area contributed by atoms with Crippen molar-refractivity contribution in [2.45, 2.75) is 12.5 Å². The SMILES string of the molecule is CN(CCC#N)C(=O)CN(C)C(c1ccccc1)c1ccc(F)cc1. The normalized spacial score (nSPS) is 11.8. The molecular weight excluding hydrogens is 317 g/mol. The first-order valence-corrected chi connectivity index (χ1v) is 8.14. The van der Waals surface area contributed by atoms with E-state index in [9.17, 15) is 9.18 Å². The fourth-order valence-corrected chi connectivity index (χ4v) is 2.75. The van der Waals surface area contributed by atoms with Crippen molar-refractivity contribution in [2.75, 3.05) is 27.2 Å². The number of carbonyl (C=O) groups is 1. The van der Waals surface area contributed by atoms with Crippen LogP contribution < -0.4 is 0 Å². The molecule has 130 valence electrons. The molecule has 0 saturated heterocycles. The summed E-state index contributed by atoms with van der Waals surface area (Å²) in [6.45, 7) is 0.620. The maximum absolute atomic E-state index is 13.3. The zero-order chi connectivity index (χ0) is 18.2. The van der Waals surface area contributed by atoms with Crippen molar-refractivity contribution in [3.8, 4) is 6.07 Å². The predicted molar refractivity (Wildman–Crippen MR) is 95.2 cm³/mol. The van der Waals surface area contributed by atoms with Crippen molar-refractivity contribution < 1.29 is 9.18 Å². The topological polar surface area (TPSA) is 47.3 Å². The van der Waals surface area contributed by atoms with Gasteiger partial charge in [0.15, 0.2) is 0 Å². The fraction of sp³-hybridized carbons (Fsp3) is 0.300. The largest absolute Gasteiger partial charge is 0.344 e. The number of likely N-dealkylation sites (N-methyl/N-ethyl adjacent to an activating group) is 2. The lowest BCUT2D eigenvalue weighted by molar-refractivity contribution is -0.131.